The van der Waals surface area contributed by atoms with E-state index >= 15 is 8.78 Å². The van der Waals surface area contributed by atoms with Gasteiger partial charge in [0.2, 0.25) is 0 Å². The third-order valence-electron chi connectivity index (χ3n) is 7.43. The van der Waals surface area contributed by atoms with Gasteiger partial charge in [0.25, 0.3) is 0 Å². The Morgan fingerprint density at radius 1 is 0.821 bits per heavy atom. The summed E-state index contributed by atoms with van der Waals surface area (Å²) in [5, 5.41) is -0.105. The van der Waals surface area contributed by atoms with E-state index in [0.717, 1.165) is 12.1 Å². The zero-order chi connectivity index (χ0) is 27.7. The predicted molar refractivity (Wildman–Crippen MR) is 137 cm³/mol. The van der Waals surface area contributed by atoms with Crippen molar-refractivity contribution in [1.29, 1.82) is 0 Å². The number of alkyl halides is 2. The molecule has 0 atom stereocenters. The molecule has 5 rings (SSSR count). The van der Waals surface area contributed by atoms with Crippen LogP contribution in [0.4, 0.5) is 22.0 Å². The number of halogens is 6. The molecule has 208 valence electrons. The van der Waals surface area contributed by atoms with Gasteiger partial charge in [-0.3, -0.25) is 0 Å². The molecule has 1 heterocycles. The number of hydrogen-bond acceptors (Lipinski definition) is 3. The van der Waals surface area contributed by atoms with Gasteiger partial charge < -0.3 is 14.2 Å². The molecule has 0 aromatic heterocycles. The molecule has 0 N–H and O–H groups in total. The molecule has 0 radical (unpaired) electrons. The molecular weight excluding hydrogens is 539 g/mol. The second kappa shape index (κ2) is 11.4. The van der Waals surface area contributed by atoms with E-state index in [-0.39, 0.29) is 46.6 Å². The number of ether oxygens (including phenoxy) is 3. The van der Waals surface area contributed by atoms with Crippen molar-refractivity contribution in [1.82, 2.24) is 0 Å². The lowest BCUT2D eigenvalue weighted by atomic mass is 9.78. The summed E-state index contributed by atoms with van der Waals surface area (Å²) in [5.41, 5.74) is 1.34. The number of rotatable bonds is 6. The average Bonchev–Trinajstić information content (AvgIpc) is 2.91. The molecule has 1 saturated heterocycles. The molecular formula is C30H28ClF5O3. The van der Waals surface area contributed by atoms with Gasteiger partial charge in [0.1, 0.15) is 23.2 Å². The van der Waals surface area contributed by atoms with Crippen molar-refractivity contribution in [3.05, 3.63) is 88.2 Å². The third-order valence-corrected chi connectivity index (χ3v) is 7.73. The first-order valence-electron chi connectivity index (χ1n) is 12.9. The minimum atomic E-state index is -3.54. The van der Waals surface area contributed by atoms with E-state index in [1.54, 1.807) is 12.1 Å². The summed E-state index contributed by atoms with van der Waals surface area (Å²) >= 11 is 5.67. The smallest absolute Gasteiger partial charge is 0.400 e. The van der Waals surface area contributed by atoms with Crippen molar-refractivity contribution in [2.75, 3.05) is 13.2 Å². The van der Waals surface area contributed by atoms with Crippen LogP contribution in [-0.4, -0.2) is 19.3 Å². The van der Waals surface area contributed by atoms with Crippen LogP contribution < -0.4 is 4.74 Å². The highest BCUT2D eigenvalue weighted by Gasteiger charge is 2.44. The monoisotopic (exact) mass is 566 g/mol. The van der Waals surface area contributed by atoms with Crippen LogP contribution in [0.2, 0.25) is 5.02 Å². The molecule has 0 bridgehead atoms. The van der Waals surface area contributed by atoms with Crippen LogP contribution in [0.3, 0.4) is 0 Å². The van der Waals surface area contributed by atoms with Crippen LogP contribution in [0.15, 0.2) is 54.6 Å². The summed E-state index contributed by atoms with van der Waals surface area (Å²) in [6.07, 6.45) is -3.18. The molecule has 3 nitrogen and oxygen atoms in total. The highest BCUT2D eigenvalue weighted by molar-refractivity contribution is 6.30. The fourth-order valence-corrected chi connectivity index (χ4v) is 5.37. The minimum Gasteiger partial charge on any atom is -0.432 e. The third kappa shape index (κ3) is 6.23. The van der Waals surface area contributed by atoms with Crippen molar-refractivity contribution < 1.29 is 36.2 Å². The molecule has 2 fully saturated rings. The Bertz CT molecular complexity index is 1320. The van der Waals surface area contributed by atoms with Gasteiger partial charge in [-0.25, -0.2) is 13.2 Å². The van der Waals surface area contributed by atoms with Gasteiger partial charge in [-0.15, -0.1) is 0 Å². The fourth-order valence-electron chi connectivity index (χ4n) is 5.25. The van der Waals surface area contributed by atoms with Gasteiger partial charge >= 0.3 is 6.11 Å². The van der Waals surface area contributed by atoms with Crippen LogP contribution in [0, 0.1) is 29.3 Å². The lowest BCUT2D eigenvalue weighted by Gasteiger charge is -2.34. The van der Waals surface area contributed by atoms with Crippen LogP contribution >= 0.6 is 11.6 Å². The Kier molecular flexibility index (Phi) is 8.17. The van der Waals surface area contributed by atoms with E-state index < -0.39 is 35.8 Å². The zero-order valence-corrected chi connectivity index (χ0v) is 22.0. The van der Waals surface area contributed by atoms with E-state index in [2.05, 4.69) is 0 Å². The first kappa shape index (κ1) is 27.9. The van der Waals surface area contributed by atoms with Crippen molar-refractivity contribution >= 4 is 11.6 Å². The van der Waals surface area contributed by atoms with Crippen LogP contribution in [-0.2, 0) is 9.47 Å². The molecule has 2 aliphatic rings. The van der Waals surface area contributed by atoms with Gasteiger partial charge in [-0.05, 0) is 73.1 Å². The van der Waals surface area contributed by atoms with E-state index in [1.165, 1.54) is 30.3 Å². The molecule has 0 unspecified atom stereocenters. The number of benzene rings is 3. The van der Waals surface area contributed by atoms with Gasteiger partial charge in [-0.1, -0.05) is 36.7 Å². The molecule has 0 amide bonds. The summed E-state index contributed by atoms with van der Waals surface area (Å²) in [6, 6.07) is 12.0. The molecule has 1 aliphatic heterocycles. The molecule has 3 aromatic rings. The molecule has 9 heteroatoms. The van der Waals surface area contributed by atoms with Crippen molar-refractivity contribution in [2.24, 2.45) is 11.8 Å². The minimum absolute atomic E-state index is 0.0333. The first-order chi connectivity index (χ1) is 18.6. The Hall–Kier alpha value is -2.68. The zero-order valence-electron chi connectivity index (χ0n) is 21.2. The van der Waals surface area contributed by atoms with Crippen LogP contribution in [0.5, 0.6) is 5.75 Å². The van der Waals surface area contributed by atoms with Crippen molar-refractivity contribution in [3.63, 3.8) is 0 Å². The summed E-state index contributed by atoms with van der Waals surface area (Å²) < 4.78 is 89.7. The highest BCUT2D eigenvalue weighted by Crippen LogP contribution is 2.44. The standard InChI is InChI=1S/C30H28ClF5O3/c1-17-15-37-29(38-16-17)20-4-9-23(26(32)13-20)18-2-6-21(7-3-18)30(35,36)39-22-8-10-24(27(33)14-22)19-5-11-25(31)28(34)12-19/h4-5,8-14,17-18,21,29H,2-3,6-7,15-16H2,1H3. The SMILES string of the molecule is CC1COC(c2ccc(C3CCC(C(F)(F)Oc4ccc(-c5ccc(Cl)c(F)c5)c(F)c4)CC3)c(F)c2)OC1. The predicted octanol–water partition coefficient (Wildman–Crippen LogP) is 9.05. The Labute approximate surface area is 228 Å². The first-order valence-corrected chi connectivity index (χ1v) is 13.3. The Morgan fingerprint density at radius 2 is 1.54 bits per heavy atom. The van der Waals surface area contributed by atoms with Gasteiger partial charge in [-0.2, -0.15) is 8.78 Å². The summed E-state index contributed by atoms with van der Waals surface area (Å²) in [5.74, 6) is -3.30. The largest absolute Gasteiger partial charge is 0.432 e. The summed E-state index contributed by atoms with van der Waals surface area (Å²) in [4.78, 5) is 0. The Morgan fingerprint density at radius 3 is 2.18 bits per heavy atom. The fraction of sp³-hybridized carbons (Fsp3) is 0.400. The van der Waals surface area contributed by atoms with Crippen LogP contribution in [0.1, 0.15) is 55.9 Å². The molecule has 1 saturated carbocycles. The highest BCUT2D eigenvalue weighted by atomic mass is 35.5. The molecule has 0 spiro atoms. The maximum atomic E-state index is 15.0. The summed E-state index contributed by atoms with van der Waals surface area (Å²) in [7, 11) is 0. The quantitative estimate of drug-likeness (QED) is 0.279. The van der Waals surface area contributed by atoms with Gasteiger partial charge in [0, 0.05) is 23.1 Å². The van der Waals surface area contributed by atoms with E-state index in [4.69, 9.17) is 25.8 Å². The topological polar surface area (TPSA) is 27.7 Å². The van der Waals surface area contributed by atoms with Gasteiger partial charge in [0.15, 0.2) is 6.29 Å². The normalized spacial score (nSPS) is 24.0. The summed E-state index contributed by atoms with van der Waals surface area (Å²) in [6.45, 7) is 3.08. The molecule has 3 aromatic carbocycles. The van der Waals surface area contributed by atoms with Crippen LogP contribution in [0.25, 0.3) is 11.1 Å². The lowest BCUT2D eigenvalue weighted by Crippen LogP contribution is -2.37. The number of hydrogen-bond donors (Lipinski definition) is 0. The van der Waals surface area contributed by atoms with Crippen molar-refractivity contribution in [3.8, 4) is 16.9 Å². The lowest BCUT2D eigenvalue weighted by molar-refractivity contribution is -0.222. The van der Waals surface area contributed by atoms with Gasteiger partial charge in [0.05, 0.1) is 24.2 Å². The molecule has 39 heavy (non-hydrogen) atoms. The second-order valence-corrected chi connectivity index (χ2v) is 10.8. The maximum absolute atomic E-state index is 15.0. The second-order valence-electron chi connectivity index (χ2n) is 10.4. The maximum Gasteiger partial charge on any atom is 0.400 e. The molecule has 1 aliphatic carbocycles. The van der Waals surface area contributed by atoms with E-state index in [0.29, 0.717) is 37.2 Å². The van der Waals surface area contributed by atoms with E-state index in [9.17, 15) is 13.2 Å². The van der Waals surface area contributed by atoms with Crippen molar-refractivity contribution in [2.45, 2.75) is 50.9 Å². The van der Waals surface area contributed by atoms with E-state index in [1.807, 2.05) is 6.92 Å². The Balaban J connectivity index is 1.20. The average molecular weight is 567 g/mol.